The Morgan fingerprint density at radius 3 is 2.96 bits per heavy atom. The molecule has 0 saturated carbocycles. The molecule has 0 aliphatic rings. The van der Waals surface area contributed by atoms with Crippen molar-refractivity contribution in [3.05, 3.63) is 41.7 Å². The van der Waals surface area contributed by atoms with Crippen molar-refractivity contribution >= 4 is 27.9 Å². The van der Waals surface area contributed by atoms with Crippen LogP contribution in [0.15, 0.2) is 34.7 Å². The Balaban J connectivity index is 1.76. The molecule has 0 spiro atoms. The van der Waals surface area contributed by atoms with E-state index in [-0.39, 0.29) is 11.7 Å². The summed E-state index contributed by atoms with van der Waals surface area (Å²) in [5.41, 5.74) is 2.50. The lowest BCUT2D eigenvalue weighted by molar-refractivity contribution is 0.0918. The first kappa shape index (κ1) is 15.5. The van der Waals surface area contributed by atoms with Gasteiger partial charge in [0.25, 0.3) is 5.91 Å². The van der Waals surface area contributed by atoms with Crippen LogP contribution in [0.5, 0.6) is 0 Å². The molecule has 1 amide bonds. The van der Waals surface area contributed by atoms with Crippen LogP contribution in [0.4, 0.5) is 0 Å². The molecule has 3 rings (SSSR count). The van der Waals surface area contributed by atoms with E-state index in [0.717, 1.165) is 28.3 Å². The number of carbonyl (C=O) groups is 1. The fourth-order valence-electron chi connectivity index (χ4n) is 2.46. The highest BCUT2D eigenvalue weighted by Gasteiger charge is 2.13. The minimum atomic E-state index is -0.222. The van der Waals surface area contributed by atoms with Gasteiger partial charge in [0.1, 0.15) is 0 Å². The van der Waals surface area contributed by atoms with Gasteiger partial charge in [0.2, 0.25) is 5.71 Å². The highest BCUT2D eigenvalue weighted by molar-refractivity contribution is 5.98. The number of aryl methyl sites for hydroxylation is 1. The normalized spacial score (nSPS) is 11.2. The zero-order valence-electron chi connectivity index (χ0n) is 13.4. The van der Waals surface area contributed by atoms with Gasteiger partial charge in [-0.1, -0.05) is 12.1 Å². The molecule has 0 saturated heterocycles. The molecule has 0 aliphatic heterocycles. The molecular formula is C18H20N2O3. The van der Waals surface area contributed by atoms with Crippen molar-refractivity contribution in [2.75, 3.05) is 19.8 Å². The lowest BCUT2D eigenvalue weighted by atomic mass is 10.1. The number of fused-ring (bicyclic) bond motifs is 2. The molecule has 0 unspecified atom stereocenters. The maximum Gasteiger partial charge on any atom is 0.287 e. The summed E-state index contributed by atoms with van der Waals surface area (Å²) in [5, 5.41) is 4.70. The number of hydrogen-bond donors (Lipinski definition) is 1. The topological polar surface area (TPSA) is 64.4 Å². The van der Waals surface area contributed by atoms with Gasteiger partial charge >= 0.3 is 0 Å². The minimum absolute atomic E-state index is 0.222. The number of benzene rings is 1. The van der Waals surface area contributed by atoms with Crippen LogP contribution in [-0.4, -0.2) is 30.6 Å². The molecule has 1 aromatic carbocycles. The van der Waals surface area contributed by atoms with Gasteiger partial charge in [-0.05, 0) is 44.0 Å². The van der Waals surface area contributed by atoms with Crippen LogP contribution >= 0.6 is 0 Å². The molecular weight excluding hydrogens is 292 g/mol. The van der Waals surface area contributed by atoms with Crippen molar-refractivity contribution < 1.29 is 13.9 Å². The lowest BCUT2D eigenvalue weighted by Gasteiger charge is -2.02. The zero-order valence-corrected chi connectivity index (χ0v) is 13.4. The van der Waals surface area contributed by atoms with E-state index < -0.39 is 0 Å². The molecule has 0 radical (unpaired) electrons. The summed E-state index contributed by atoms with van der Waals surface area (Å²) in [4.78, 5) is 16.6. The fraction of sp³-hybridized carbons (Fsp3) is 0.333. The van der Waals surface area contributed by atoms with Crippen LogP contribution in [-0.2, 0) is 4.74 Å². The van der Waals surface area contributed by atoms with Crippen molar-refractivity contribution in [2.24, 2.45) is 0 Å². The van der Waals surface area contributed by atoms with Crippen molar-refractivity contribution in [1.82, 2.24) is 10.3 Å². The summed E-state index contributed by atoms with van der Waals surface area (Å²) in [6, 6.07) is 9.80. The Labute approximate surface area is 134 Å². The van der Waals surface area contributed by atoms with Gasteiger partial charge in [-0.2, -0.15) is 0 Å². The third kappa shape index (κ3) is 3.51. The zero-order chi connectivity index (χ0) is 16.2. The van der Waals surface area contributed by atoms with E-state index in [1.54, 1.807) is 6.07 Å². The largest absolute Gasteiger partial charge is 0.433 e. The Morgan fingerprint density at radius 1 is 1.26 bits per heavy atom. The first-order valence-corrected chi connectivity index (χ1v) is 7.84. The van der Waals surface area contributed by atoms with Gasteiger partial charge in [0.15, 0.2) is 5.76 Å². The highest BCUT2D eigenvalue weighted by atomic mass is 16.5. The molecule has 23 heavy (non-hydrogen) atoms. The number of ether oxygens (including phenoxy) is 1. The van der Waals surface area contributed by atoms with E-state index in [1.165, 1.54) is 0 Å². The van der Waals surface area contributed by atoms with Gasteiger partial charge in [0.05, 0.1) is 5.52 Å². The predicted octanol–water partition coefficient (Wildman–Crippen LogP) is 3.45. The van der Waals surface area contributed by atoms with Crippen LogP contribution in [0.25, 0.3) is 22.0 Å². The number of furan rings is 1. The number of hydrogen-bond acceptors (Lipinski definition) is 4. The first-order chi connectivity index (χ1) is 11.2. The Bertz CT molecular complexity index is 839. The van der Waals surface area contributed by atoms with E-state index in [9.17, 15) is 4.79 Å². The highest BCUT2D eigenvalue weighted by Crippen LogP contribution is 2.23. The number of aromatic nitrogens is 1. The van der Waals surface area contributed by atoms with Gasteiger partial charge in [0, 0.05) is 30.5 Å². The Kier molecular flexibility index (Phi) is 4.57. The first-order valence-electron chi connectivity index (χ1n) is 7.84. The van der Waals surface area contributed by atoms with Gasteiger partial charge in [-0.25, -0.2) is 4.98 Å². The van der Waals surface area contributed by atoms with E-state index >= 15 is 0 Å². The predicted molar refractivity (Wildman–Crippen MR) is 89.7 cm³/mol. The van der Waals surface area contributed by atoms with E-state index in [2.05, 4.69) is 10.3 Å². The van der Waals surface area contributed by atoms with Crippen LogP contribution in [0.1, 0.15) is 29.5 Å². The molecule has 5 heteroatoms. The second kappa shape index (κ2) is 6.79. The molecule has 0 atom stereocenters. The summed E-state index contributed by atoms with van der Waals surface area (Å²) >= 11 is 0. The van der Waals surface area contributed by atoms with E-state index in [4.69, 9.17) is 9.15 Å². The maximum absolute atomic E-state index is 12.1. The number of nitrogens with zero attached hydrogens (tertiary/aromatic N) is 1. The fourth-order valence-corrected chi connectivity index (χ4v) is 2.46. The summed E-state index contributed by atoms with van der Waals surface area (Å²) < 4.78 is 10.8. The molecule has 0 aliphatic carbocycles. The van der Waals surface area contributed by atoms with Crippen molar-refractivity contribution in [1.29, 1.82) is 0 Å². The van der Waals surface area contributed by atoms with E-state index in [0.29, 0.717) is 25.5 Å². The van der Waals surface area contributed by atoms with Crippen LogP contribution in [0.3, 0.4) is 0 Å². The van der Waals surface area contributed by atoms with Gasteiger partial charge < -0.3 is 14.5 Å². The minimum Gasteiger partial charge on any atom is -0.433 e. The quantitative estimate of drug-likeness (QED) is 0.708. The Hall–Kier alpha value is -2.40. The number of carbonyl (C=O) groups excluding carboxylic acids is 1. The van der Waals surface area contributed by atoms with E-state index in [1.807, 2.05) is 38.1 Å². The molecule has 3 aromatic rings. The second-order valence-corrected chi connectivity index (χ2v) is 5.50. The average molecular weight is 312 g/mol. The van der Waals surface area contributed by atoms with Crippen LogP contribution in [0, 0.1) is 6.92 Å². The Morgan fingerprint density at radius 2 is 2.13 bits per heavy atom. The van der Waals surface area contributed by atoms with Gasteiger partial charge in [-0.15, -0.1) is 0 Å². The molecule has 120 valence electrons. The summed E-state index contributed by atoms with van der Waals surface area (Å²) in [5.74, 6) is 0.0654. The van der Waals surface area contributed by atoms with Gasteiger partial charge in [-0.3, -0.25) is 4.79 Å². The number of rotatable bonds is 6. The molecule has 1 N–H and O–H groups in total. The van der Waals surface area contributed by atoms with Crippen LogP contribution < -0.4 is 5.32 Å². The van der Waals surface area contributed by atoms with Crippen molar-refractivity contribution in [3.8, 4) is 0 Å². The molecule has 2 aromatic heterocycles. The average Bonchev–Trinajstić information content (AvgIpc) is 2.95. The lowest BCUT2D eigenvalue weighted by Crippen LogP contribution is -2.24. The molecule has 0 bridgehead atoms. The summed E-state index contributed by atoms with van der Waals surface area (Å²) in [7, 11) is 0. The third-order valence-corrected chi connectivity index (χ3v) is 3.64. The SMILES string of the molecule is CCOCCCNC(=O)c1cc2cc3ccc(C)cc3nc2o1. The van der Waals surface area contributed by atoms with Crippen LogP contribution in [0.2, 0.25) is 0 Å². The molecule has 5 nitrogen and oxygen atoms in total. The number of amides is 1. The maximum atomic E-state index is 12.1. The van der Waals surface area contributed by atoms with Crippen molar-refractivity contribution in [2.45, 2.75) is 20.3 Å². The number of nitrogens with one attached hydrogen (secondary N) is 1. The third-order valence-electron chi connectivity index (χ3n) is 3.64. The summed E-state index contributed by atoms with van der Waals surface area (Å²) in [6.07, 6.45) is 0.779. The summed E-state index contributed by atoms with van der Waals surface area (Å²) in [6.45, 7) is 5.87. The smallest absolute Gasteiger partial charge is 0.287 e. The number of pyridine rings is 1. The second-order valence-electron chi connectivity index (χ2n) is 5.50. The standard InChI is InChI=1S/C18H20N2O3/c1-3-22-8-4-7-19-17(21)16-11-14-10-13-6-5-12(2)9-15(13)20-18(14)23-16/h5-6,9-11H,3-4,7-8H2,1-2H3,(H,19,21). The molecule has 0 fully saturated rings. The monoisotopic (exact) mass is 312 g/mol. The molecule has 2 heterocycles. The van der Waals surface area contributed by atoms with Crippen molar-refractivity contribution in [3.63, 3.8) is 0 Å².